The lowest BCUT2D eigenvalue weighted by atomic mass is 9.70. The van der Waals surface area contributed by atoms with Crippen molar-refractivity contribution in [3.05, 3.63) is 17.5 Å². The minimum absolute atomic E-state index is 0.0698. The van der Waals surface area contributed by atoms with Gasteiger partial charge in [-0.25, -0.2) is 0 Å². The minimum atomic E-state index is -0.301. The topological polar surface area (TPSA) is 75.4 Å². The number of carbonyl (C=O) groups excluding carboxylic acids is 2. The van der Waals surface area contributed by atoms with Crippen LogP contribution in [0.3, 0.4) is 0 Å². The van der Waals surface area contributed by atoms with E-state index in [4.69, 9.17) is 4.52 Å². The van der Waals surface area contributed by atoms with Crippen LogP contribution in [0.5, 0.6) is 0 Å². The Hall–Kier alpha value is -1.85. The van der Waals surface area contributed by atoms with Crippen LogP contribution in [0.2, 0.25) is 0 Å². The van der Waals surface area contributed by atoms with Gasteiger partial charge in [0.25, 0.3) is 5.91 Å². The Kier molecular flexibility index (Phi) is 5.71. The summed E-state index contributed by atoms with van der Waals surface area (Å²) in [6.07, 6.45) is 9.94. The Balaban J connectivity index is 1.32. The number of aromatic nitrogens is 1. The smallest absolute Gasteiger partial charge is 0.273 e. The maximum Gasteiger partial charge on any atom is 0.273 e. The van der Waals surface area contributed by atoms with Crippen LogP contribution in [0, 0.1) is 11.3 Å². The Morgan fingerprint density at radius 1 is 1.14 bits per heavy atom. The van der Waals surface area contributed by atoms with Gasteiger partial charge in [0, 0.05) is 36.0 Å². The number of likely N-dealkylation sites (tertiary alicyclic amines) is 1. The Morgan fingerprint density at radius 2 is 1.86 bits per heavy atom. The van der Waals surface area contributed by atoms with Gasteiger partial charge in [-0.2, -0.15) is 0 Å². The molecular formula is C23H35N3O3. The SMILES string of the molecule is C[C@@H]1CC(NC(=O)c2cc(C3CC3)on2)CCN1C(=O)C(C)(C)C1CCCCC1. The average molecular weight is 402 g/mol. The molecule has 29 heavy (non-hydrogen) atoms. The van der Waals surface area contributed by atoms with Crippen LogP contribution in [0.25, 0.3) is 0 Å². The van der Waals surface area contributed by atoms with Gasteiger partial charge in [-0.15, -0.1) is 0 Å². The summed E-state index contributed by atoms with van der Waals surface area (Å²) in [6.45, 7) is 7.07. The molecule has 0 aromatic carbocycles. The lowest BCUT2D eigenvalue weighted by Crippen LogP contribution is -2.55. The van der Waals surface area contributed by atoms with Crippen LogP contribution >= 0.6 is 0 Å². The molecule has 1 N–H and O–H groups in total. The van der Waals surface area contributed by atoms with Crippen LogP contribution in [-0.2, 0) is 4.79 Å². The van der Waals surface area contributed by atoms with E-state index in [0.29, 0.717) is 24.1 Å². The third-order valence-electron chi connectivity index (χ3n) is 7.39. The van der Waals surface area contributed by atoms with Crippen LogP contribution in [0.1, 0.15) is 101 Å². The normalized spacial score (nSPS) is 26.4. The summed E-state index contributed by atoms with van der Waals surface area (Å²) in [5, 5.41) is 7.04. The third kappa shape index (κ3) is 4.36. The molecule has 4 rings (SSSR count). The molecule has 160 valence electrons. The standard InChI is InChI=1S/C23H35N3O3/c1-15-13-18(24-21(27)19-14-20(29-25-19)16-9-10-16)11-12-26(15)22(28)23(2,3)17-7-5-4-6-8-17/h14-18H,4-13H2,1-3H3,(H,24,27)/t15-,18?/m1/s1. The highest BCUT2D eigenvalue weighted by Crippen LogP contribution is 2.41. The van der Waals surface area contributed by atoms with E-state index in [2.05, 4.69) is 36.1 Å². The van der Waals surface area contributed by atoms with Crippen LogP contribution in [-0.4, -0.2) is 40.5 Å². The van der Waals surface area contributed by atoms with Gasteiger partial charge >= 0.3 is 0 Å². The quantitative estimate of drug-likeness (QED) is 0.799. The highest BCUT2D eigenvalue weighted by molar-refractivity contribution is 5.92. The highest BCUT2D eigenvalue weighted by atomic mass is 16.5. The fourth-order valence-corrected chi connectivity index (χ4v) is 5.19. The molecule has 0 spiro atoms. The molecule has 0 bridgehead atoms. The van der Waals surface area contributed by atoms with E-state index in [-0.39, 0.29) is 29.3 Å². The summed E-state index contributed by atoms with van der Waals surface area (Å²) in [5.41, 5.74) is 0.0708. The maximum absolute atomic E-state index is 13.4. The summed E-state index contributed by atoms with van der Waals surface area (Å²) < 4.78 is 5.30. The second kappa shape index (κ2) is 8.11. The average Bonchev–Trinajstić information content (AvgIpc) is 3.44. The maximum atomic E-state index is 13.4. The molecule has 1 aliphatic heterocycles. The van der Waals surface area contributed by atoms with Crippen molar-refractivity contribution in [2.24, 2.45) is 11.3 Å². The summed E-state index contributed by atoms with van der Waals surface area (Å²) in [7, 11) is 0. The van der Waals surface area contributed by atoms with E-state index in [1.54, 1.807) is 6.07 Å². The lowest BCUT2D eigenvalue weighted by Gasteiger charge is -2.44. The number of carbonyl (C=O) groups is 2. The van der Waals surface area contributed by atoms with E-state index in [0.717, 1.165) is 31.4 Å². The largest absolute Gasteiger partial charge is 0.360 e. The number of hydrogen-bond acceptors (Lipinski definition) is 4. The Labute approximate surface area is 173 Å². The second-order valence-electron chi connectivity index (χ2n) is 9.99. The fraction of sp³-hybridized carbons (Fsp3) is 0.783. The first-order chi connectivity index (χ1) is 13.9. The molecule has 3 aliphatic rings. The van der Waals surface area contributed by atoms with Gasteiger partial charge < -0.3 is 14.7 Å². The zero-order valence-corrected chi connectivity index (χ0v) is 18.1. The van der Waals surface area contributed by atoms with E-state index in [1.807, 2.05) is 0 Å². The summed E-state index contributed by atoms with van der Waals surface area (Å²) >= 11 is 0. The van der Waals surface area contributed by atoms with Crippen molar-refractivity contribution >= 4 is 11.8 Å². The molecule has 1 aromatic heterocycles. The third-order valence-corrected chi connectivity index (χ3v) is 7.39. The molecular weight excluding hydrogens is 366 g/mol. The molecule has 2 aliphatic carbocycles. The molecule has 3 fully saturated rings. The zero-order chi connectivity index (χ0) is 20.6. The number of rotatable bonds is 5. The van der Waals surface area contributed by atoms with Crippen molar-refractivity contribution in [2.75, 3.05) is 6.54 Å². The summed E-state index contributed by atoms with van der Waals surface area (Å²) in [5.74, 6) is 1.88. The minimum Gasteiger partial charge on any atom is -0.360 e. The number of nitrogens with zero attached hydrogens (tertiary/aromatic N) is 2. The van der Waals surface area contributed by atoms with Crippen molar-refractivity contribution in [3.63, 3.8) is 0 Å². The first-order valence-electron chi connectivity index (χ1n) is 11.4. The molecule has 1 saturated heterocycles. The van der Waals surface area contributed by atoms with Gasteiger partial charge in [0.2, 0.25) is 5.91 Å². The predicted molar refractivity (Wildman–Crippen MR) is 110 cm³/mol. The van der Waals surface area contributed by atoms with Gasteiger partial charge in [0.1, 0.15) is 5.76 Å². The monoisotopic (exact) mass is 401 g/mol. The van der Waals surface area contributed by atoms with Crippen molar-refractivity contribution in [3.8, 4) is 0 Å². The number of nitrogens with one attached hydrogen (secondary N) is 1. The molecule has 6 heteroatoms. The Bertz CT molecular complexity index is 746. The van der Waals surface area contributed by atoms with Crippen molar-refractivity contribution < 1.29 is 14.1 Å². The highest BCUT2D eigenvalue weighted by Gasteiger charge is 2.42. The first kappa shape index (κ1) is 20.4. The molecule has 0 radical (unpaired) electrons. The van der Waals surface area contributed by atoms with Crippen LogP contribution < -0.4 is 5.32 Å². The lowest BCUT2D eigenvalue weighted by molar-refractivity contribution is -0.148. The summed E-state index contributed by atoms with van der Waals surface area (Å²) in [6, 6.07) is 1.98. The van der Waals surface area contributed by atoms with Gasteiger partial charge in [-0.1, -0.05) is 38.3 Å². The molecule has 1 unspecified atom stereocenters. The molecule has 2 amide bonds. The van der Waals surface area contributed by atoms with Gasteiger partial charge in [0.05, 0.1) is 0 Å². The molecule has 2 heterocycles. The fourth-order valence-electron chi connectivity index (χ4n) is 5.19. The van der Waals surface area contributed by atoms with E-state index in [1.165, 1.54) is 32.1 Å². The zero-order valence-electron chi connectivity index (χ0n) is 18.1. The predicted octanol–water partition coefficient (Wildman–Crippen LogP) is 4.27. The Morgan fingerprint density at radius 3 is 2.52 bits per heavy atom. The van der Waals surface area contributed by atoms with Crippen molar-refractivity contribution in [1.29, 1.82) is 0 Å². The van der Waals surface area contributed by atoms with E-state index < -0.39 is 0 Å². The second-order valence-corrected chi connectivity index (χ2v) is 9.99. The number of piperidine rings is 1. The molecule has 1 aromatic rings. The molecule has 2 saturated carbocycles. The van der Waals surface area contributed by atoms with Gasteiger partial charge in [-0.3, -0.25) is 9.59 Å². The first-order valence-corrected chi connectivity index (χ1v) is 11.4. The van der Waals surface area contributed by atoms with Crippen LogP contribution in [0.15, 0.2) is 10.6 Å². The van der Waals surface area contributed by atoms with E-state index in [9.17, 15) is 9.59 Å². The van der Waals surface area contributed by atoms with Crippen LogP contribution in [0.4, 0.5) is 0 Å². The number of hydrogen-bond donors (Lipinski definition) is 1. The molecule has 2 atom stereocenters. The van der Waals surface area contributed by atoms with Crippen molar-refractivity contribution in [1.82, 2.24) is 15.4 Å². The number of amides is 2. The molecule has 6 nitrogen and oxygen atoms in total. The van der Waals surface area contributed by atoms with E-state index >= 15 is 0 Å². The van der Waals surface area contributed by atoms with Gasteiger partial charge in [0.15, 0.2) is 5.69 Å². The summed E-state index contributed by atoms with van der Waals surface area (Å²) in [4.78, 5) is 28.0. The van der Waals surface area contributed by atoms with Gasteiger partial charge in [-0.05, 0) is 51.4 Å². The van der Waals surface area contributed by atoms with Crippen molar-refractivity contribution in [2.45, 2.75) is 96.6 Å².